The van der Waals surface area contributed by atoms with Gasteiger partial charge in [-0.05, 0) is 124 Å². The number of methoxy groups -OCH3 is 1. The van der Waals surface area contributed by atoms with Gasteiger partial charge in [0.05, 0.1) is 54.4 Å². The molecule has 2 aromatic carbocycles. The predicted octanol–water partition coefficient (Wildman–Crippen LogP) is 14.9. The largest absolute Gasteiger partial charge is 0.497 e. The lowest BCUT2D eigenvalue weighted by atomic mass is 9.89. The molecule has 0 aliphatic carbocycles. The zero-order chi connectivity index (χ0) is 46.6. The van der Waals surface area contributed by atoms with Gasteiger partial charge in [-0.3, -0.25) is 0 Å². The average molecular weight is 1060 g/mol. The number of rotatable bonds is 24. The van der Waals surface area contributed by atoms with Crippen molar-refractivity contribution >= 4 is 68.7 Å². The zero-order valence-corrected chi connectivity index (χ0v) is 47.0. The van der Waals surface area contributed by atoms with Gasteiger partial charge in [-0.25, -0.2) is 4.79 Å². The first-order chi connectivity index (χ1) is 29.7. The van der Waals surface area contributed by atoms with E-state index in [-0.39, 0.29) is 57.4 Å². The van der Waals surface area contributed by atoms with Gasteiger partial charge in [0.2, 0.25) is 8.32 Å². The highest BCUT2D eigenvalue weighted by molar-refractivity contribution is 14.1. The maximum absolute atomic E-state index is 14.1. The van der Waals surface area contributed by atoms with Gasteiger partial charge in [0.1, 0.15) is 11.9 Å². The van der Waals surface area contributed by atoms with E-state index in [1.807, 2.05) is 42.5 Å². The van der Waals surface area contributed by atoms with Crippen LogP contribution in [0.25, 0.3) is 0 Å². The molecule has 0 saturated carbocycles. The molecule has 0 N–H and O–H groups in total. The van der Waals surface area contributed by atoms with E-state index in [4.69, 9.17) is 27.8 Å². The molecule has 12 heteroatoms. The van der Waals surface area contributed by atoms with Gasteiger partial charge >= 0.3 is 5.97 Å². The fraction of sp³-hybridized carbons (Fsp3) is 0.706. The normalized spacial score (nSPS) is 21.2. The molecule has 2 aromatic rings. The summed E-state index contributed by atoms with van der Waals surface area (Å²) in [5.74, 6) is 2.93. The molecule has 0 radical (unpaired) electrons. The molecule has 2 saturated heterocycles. The van der Waals surface area contributed by atoms with Crippen molar-refractivity contribution in [3.05, 3.63) is 75.9 Å². The highest BCUT2D eigenvalue weighted by atomic mass is 127. The van der Waals surface area contributed by atoms with Gasteiger partial charge in [0.25, 0.3) is 0 Å². The maximum atomic E-state index is 14.1. The number of esters is 1. The van der Waals surface area contributed by atoms with E-state index in [2.05, 4.69) is 158 Å². The predicted molar refractivity (Wildman–Crippen MR) is 282 cm³/mol. The molecule has 7 atom stereocenters. The molecule has 0 bridgehead atoms. The van der Waals surface area contributed by atoms with E-state index in [1.165, 1.54) is 6.42 Å². The molecule has 63 heavy (non-hydrogen) atoms. The number of ether oxygens (including phenoxy) is 4. The van der Waals surface area contributed by atoms with Gasteiger partial charge < -0.3 is 27.8 Å². The van der Waals surface area contributed by atoms with Crippen LogP contribution in [-0.2, 0) is 29.7 Å². The van der Waals surface area contributed by atoms with E-state index in [1.54, 1.807) is 7.11 Å². The SMILES string of the molecule is COc1ccc(COC[C@@H](C)[C@H](C[C@H](OC(=O)c2ccccc2)[C@@H](C)CC2(C[C@H]3CC[C@H]([C@@H](/C=C/I)O[Si](C)(C)C(C)(C)C)O3)SCCCS2)O[Si](C(C)C)(C(C)C)C(C)C)cc1. The van der Waals surface area contributed by atoms with E-state index in [0.29, 0.717) is 41.8 Å². The molecule has 0 amide bonds. The third-order valence-corrected chi connectivity index (χ3v) is 28.5. The summed E-state index contributed by atoms with van der Waals surface area (Å²) in [4.78, 5) is 14.1. The smallest absolute Gasteiger partial charge is 0.338 e. The van der Waals surface area contributed by atoms with Gasteiger partial charge in [0.15, 0.2) is 8.32 Å². The molecule has 2 aliphatic heterocycles. The molecule has 0 spiro atoms. The minimum Gasteiger partial charge on any atom is -0.497 e. The first-order valence-electron chi connectivity index (χ1n) is 23.7. The lowest BCUT2D eigenvalue weighted by molar-refractivity contribution is -0.0270. The van der Waals surface area contributed by atoms with Crippen LogP contribution in [0.1, 0.15) is 131 Å². The van der Waals surface area contributed by atoms with Crippen molar-refractivity contribution in [2.75, 3.05) is 25.2 Å². The van der Waals surface area contributed by atoms with Crippen LogP contribution in [0.3, 0.4) is 0 Å². The summed E-state index contributed by atoms with van der Waals surface area (Å²) in [6, 6.07) is 17.6. The van der Waals surface area contributed by atoms with Crippen molar-refractivity contribution < 1.29 is 32.6 Å². The number of halogens is 1. The summed E-state index contributed by atoms with van der Waals surface area (Å²) in [5.41, 5.74) is 2.90. The minimum atomic E-state index is -2.35. The molecule has 0 aromatic heterocycles. The second-order valence-electron chi connectivity index (χ2n) is 20.7. The van der Waals surface area contributed by atoms with Crippen LogP contribution in [0.4, 0.5) is 0 Å². The van der Waals surface area contributed by atoms with Crippen LogP contribution in [-0.4, -0.2) is 82.4 Å². The summed E-state index contributed by atoms with van der Waals surface area (Å²) in [5, 5.41) is 0.118. The van der Waals surface area contributed by atoms with Crippen molar-refractivity contribution in [1.29, 1.82) is 0 Å². The monoisotopic (exact) mass is 1050 g/mol. The summed E-state index contributed by atoms with van der Waals surface area (Å²) in [6.45, 7) is 31.3. The Kier molecular flexibility index (Phi) is 21.7. The van der Waals surface area contributed by atoms with Crippen LogP contribution in [0.15, 0.2) is 64.8 Å². The highest BCUT2D eigenvalue weighted by Gasteiger charge is 2.49. The Balaban J connectivity index is 1.64. The Labute approximate surface area is 407 Å². The van der Waals surface area contributed by atoms with Gasteiger partial charge in [-0.2, -0.15) is 0 Å². The van der Waals surface area contributed by atoms with E-state index in [0.717, 1.165) is 48.5 Å². The summed E-state index contributed by atoms with van der Waals surface area (Å²) in [7, 11) is -2.67. The number of hydrogen-bond donors (Lipinski definition) is 0. The van der Waals surface area contributed by atoms with Crippen LogP contribution in [0, 0.1) is 11.8 Å². The van der Waals surface area contributed by atoms with Crippen molar-refractivity contribution in [2.45, 2.75) is 191 Å². The van der Waals surface area contributed by atoms with Gasteiger partial charge in [-0.15, -0.1) is 23.5 Å². The van der Waals surface area contributed by atoms with Crippen molar-refractivity contribution in [3.63, 3.8) is 0 Å². The number of benzene rings is 2. The molecule has 4 rings (SSSR count). The minimum absolute atomic E-state index is 0.0430. The fourth-order valence-corrected chi connectivity index (χ4v) is 20.6. The average Bonchev–Trinajstić information content (AvgIpc) is 3.69. The van der Waals surface area contributed by atoms with Crippen molar-refractivity contribution in [3.8, 4) is 5.75 Å². The Bertz CT molecular complexity index is 1660. The molecular formula is C51H83IO7S2Si2. The quantitative estimate of drug-likeness (QED) is 0.0581. The first kappa shape index (κ1) is 54.8. The number of thioether (sulfide) groups is 2. The van der Waals surface area contributed by atoms with E-state index < -0.39 is 16.6 Å². The lowest BCUT2D eigenvalue weighted by Crippen LogP contribution is -2.52. The highest BCUT2D eigenvalue weighted by Crippen LogP contribution is 2.52. The number of carbonyl (C=O) groups is 1. The molecule has 2 heterocycles. The van der Waals surface area contributed by atoms with Crippen LogP contribution < -0.4 is 4.74 Å². The third-order valence-electron chi connectivity index (χ3n) is 14.1. The maximum Gasteiger partial charge on any atom is 0.338 e. The van der Waals surface area contributed by atoms with Gasteiger partial charge in [-0.1, -0.05) is 129 Å². The Morgan fingerprint density at radius 2 is 1.49 bits per heavy atom. The Morgan fingerprint density at radius 3 is 2.05 bits per heavy atom. The van der Waals surface area contributed by atoms with E-state index in [9.17, 15) is 4.79 Å². The summed E-state index contributed by atoms with van der Waals surface area (Å²) < 4.78 is 42.4. The Morgan fingerprint density at radius 1 is 0.873 bits per heavy atom. The summed E-state index contributed by atoms with van der Waals surface area (Å²) in [6.07, 6.45) is 7.52. The lowest BCUT2D eigenvalue weighted by Gasteiger charge is -2.47. The standard InChI is InChI=1S/C51H83IO7S2Si2/c1-36(2)63(37(3)4,38(5)6)59-48(40(8)34-55-35-41-21-23-43(54-12)24-22-41)31-47(57-49(53)42-19-16-15-17-20-42)39(7)32-51(60-29-18-30-61-51)33-44-25-26-45(56-44)46(27-28-52)58-62(13,14)50(9,10)11/h15-17,19-24,27-28,36-40,44-48H,18,25-26,29-35H2,1-14H3/b28-27+/t39-,40+,44+,45+,46+,47-,48-/m0/s1. The van der Waals surface area contributed by atoms with E-state index >= 15 is 0 Å². The third kappa shape index (κ3) is 15.3. The van der Waals surface area contributed by atoms with Crippen molar-refractivity contribution in [1.82, 2.24) is 0 Å². The number of carbonyl (C=O) groups excluding carboxylic acids is 1. The van der Waals surface area contributed by atoms with Crippen LogP contribution in [0.5, 0.6) is 5.75 Å². The zero-order valence-electron chi connectivity index (χ0n) is 41.2. The molecule has 356 valence electrons. The first-order valence-corrected chi connectivity index (χ1v) is 32.0. The van der Waals surface area contributed by atoms with Crippen LogP contribution in [0.2, 0.25) is 34.8 Å². The second kappa shape index (κ2) is 25.0. The molecular weight excluding hydrogens is 972 g/mol. The van der Waals surface area contributed by atoms with Gasteiger partial charge in [0, 0.05) is 12.3 Å². The van der Waals surface area contributed by atoms with Crippen LogP contribution >= 0.6 is 46.1 Å². The van der Waals surface area contributed by atoms with Crippen molar-refractivity contribution in [2.24, 2.45) is 11.8 Å². The molecule has 0 unspecified atom stereocenters. The fourth-order valence-electron chi connectivity index (χ4n) is 9.52. The molecule has 7 nitrogen and oxygen atoms in total. The number of hydrogen-bond acceptors (Lipinski definition) is 9. The summed E-state index contributed by atoms with van der Waals surface area (Å²) >= 11 is 6.52. The molecule has 2 fully saturated rings. The molecule has 2 aliphatic rings. The second-order valence-corrected chi connectivity index (χ2v) is 34.8. The topological polar surface area (TPSA) is 72.5 Å². The Hall–Kier alpha value is -0.846.